The van der Waals surface area contributed by atoms with Crippen LogP contribution in [0.2, 0.25) is 0 Å². The van der Waals surface area contributed by atoms with Crippen molar-refractivity contribution < 1.29 is 9.53 Å². The highest BCUT2D eigenvalue weighted by Gasteiger charge is 2.14. The predicted molar refractivity (Wildman–Crippen MR) is 79.4 cm³/mol. The van der Waals surface area contributed by atoms with Crippen LogP contribution in [-0.2, 0) is 11.3 Å². The first kappa shape index (κ1) is 14.9. The Balaban J connectivity index is 2.05. The molecule has 2 heterocycles. The van der Waals surface area contributed by atoms with E-state index in [4.69, 9.17) is 4.74 Å². The maximum absolute atomic E-state index is 12.0. The van der Waals surface area contributed by atoms with E-state index >= 15 is 0 Å². The van der Waals surface area contributed by atoms with E-state index in [0.29, 0.717) is 18.1 Å². The van der Waals surface area contributed by atoms with Crippen LogP contribution in [0, 0.1) is 13.8 Å². The summed E-state index contributed by atoms with van der Waals surface area (Å²) in [5, 5.41) is 0.872. The van der Waals surface area contributed by atoms with Crippen molar-refractivity contribution in [1.82, 2.24) is 14.5 Å². The maximum atomic E-state index is 12.0. The molecule has 2 rings (SSSR count). The molecule has 108 valence electrons. The van der Waals surface area contributed by atoms with Gasteiger partial charge in [-0.1, -0.05) is 11.8 Å². The Kier molecular flexibility index (Phi) is 5.03. The van der Waals surface area contributed by atoms with E-state index in [9.17, 15) is 4.79 Å². The first-order valence-electron chi connectivity index (χ1n) is 6.45. The molecule has 0 radical (unpaired) electrons. The number of H-pyrrole nitrogens is 1. The fourth-order valence-corrected chi connectivity index (χ4v) is 2.89. The molecule has 0 fully saturated rings. The van der Waals surface area contributed by atoms with Crippen LogP contribution in [0.5, 0.6) is 0 Å². The Hall–Kier alpha value is -1.53. The number of hydrogen-bond donors (Lipinski definition) is 1. The maximum Gasteiger partial charge on any atom is 0.189 e. The molecule has 1 N–H and O–H groups in total. The van der Waals surface area contributed by atoms with Gasteiger partial charge in [-0.3, -0.25) is 4.79 Å². The molecule has 20 heavy (non-hydrogen) atoms. The van der Waals surface area contributed by atoms with Crippen molar-refractivity contribution in [3.05, 3.63) is 35.4 Å². The number of imidazole rings is 1. The summed E-state index contributed by atoms with van der Waals surface area (Å²) in [4.78, 5) is 19.4. The Morgan fingerprint density at radius 1 is 1.50 bits per heavy atom. The highest BCUT2D eigenvalue weighted by atomic mass is 32.2. The number of rotatable bonds is 7. The minimum Gasteiger partial charge on any atom is -0.383 e. The molecule has 2 aromatic heterocycles. The van der Waals surface area contributed by atoms with Crippen molar-refractivity contribution in [2.24, 2.45) is 0 Å². The molecule has 0 aromatic carbocycles. The second-order valence-corrected chi connectivity index (χ2v) is 5.45. The second kappa shape index (κ2) is 6.76. The number of aromatic nitrogens is 3. The molecule has 5 nitrogen and oxygen atoms in total. The van der Waals surface area contributed by atoms with E-state index in [1.807, 2.05) is 19.9 Å². The fraction of sp³-hybridized carbons (Fsp3) is 0.429. The van der Waals surface area contributed by atoms with Crippen molar-refractivity contribution in [3.8, 4) is 0 Å². The first-order chi connectivity index (χ1) is 9.63. The summed E-state index contributed by atoms with van der Waals surface area (Å²) >= 11 is 1.47. The van der Waals surface area contributed by atoms with Gasteiger partial charge in [0.25, 0.3) is 0 Å². The summed E-state index contributed by atoms with van der Waals surface area (Å²) in [5.41, 5.74) is 2.76. The summed E-state index contributed by atoms with van der Waals surface area (Å²) < 4.78 is 7.22. The lowest BCUT2D eigenvalue weighted by atomic mass is 10.3. The molecule has 2 aromatic rings. The van der Waals surface area contributed by atoms with Gasteiger partial charge in [0.15, 0.2) is 10.9 Å². The fourth-order valence-electron chi connectivity index (χ4n) is 1.89. The van der Waals surface area contributed by atoms with Crippen molar-refractivity contribution >= 4 is 17.5 Å². The van der Waals surface area contributed by atoms with E-state index in [-0.39, 0.29) is 5.78 Å². The molecule has 0 saturated heterocycles. The lowest BCUT2D eigenvalue weighted by molar-refractivity contribution is 0.101. The number of methoxy groups -OCH3 is 1. The molecular weight excluding hydrogens is 274 g/mol. The van der Waals surface area contributed by atoms with Crippen molar-refractivity contribution in [3.63, 3.8) is 0 Å². The van der Waals surface area contributed by atoms with Crippen LogP contribution in [0.15, 0.2) is 23.5 Å². The van der Waals surface area contributed by atoms with E-state index < -0.39 is 0 Å². The third-order valence-corrected chi connectivity index (χ3v) is 4.15. The van der Waals surface area contributed by atoms with E-state index in [0.717, 1.165) is 23.1 Å². The van der Waals surface area contributed by atoms with Gasteiger partial charge in [-0.25, -0.2) is 4.98 Å². The standard InChI is InChI=1S/C14H19N3O2S/c1-10-11(2)17(7-8-19-3)14(16-10)20-9-13(18)12-5-4-6-15-12/h4-6,15H,7-9H2,1-3H3. The number of nitrogens with zero attached hydrogens (tertiary/aromatic N) is 2. The number of carbonyl (C=O) groups is 1. The van der Waals surface area contributed by atoms with Gasteiger partial charge in [-0.05, 0) is 26.0 Å². The third-order valence-electron chi connectivity index (χ3n) is 3.17. The summed E-state index contributed by atoms with van der Waals surface area (Å²) in [5.74, 6) is 0.459. The van der Waals surface area contributed by atoms with Gasteiger partial charge >= 0.3 is 0 Å². The molecule has 0 unspecified atom stereocenters. The van der Waals surface area contributed by atoms with Crippen molar-refractivity contribution in [2.75, 3.05) is 19.5 Å². The quantitative estimate of drug-likeness (QED) is 0.629. The average molecular weight is 293 g/mol. The number of carbonyl (C=O) groups excluding carboxylic acids is 1. The Labute approximate surface area is 122 Å². The molecule has 0 atom stereocenters. The Bertz CT molecular complexity index is 576. The zero-order valence-electron chi connectivity index (χ0n) is 12.0. The summed E-state index contributed by atoms with van der Waals surface area (Å²) in [6, 6.07) is 3.61. The number of hydrogen-bond acceptors (Lipinski definition) is 4. The van der Waals surface area contributed by atoms with Gasteiger partial charge in [0, 0.05) is 25.5 Å². The van der Waals surface area contributed by atoms with Gasteiger partial charge in [0.05, 0.1) is 23.7 Å². The van der Waals surface area contributed by atoms with Crippen LogP contribution >= 0.6 is 11.8 Å². The summed E-state index contributed by atoms with van der Waals surface area (Å²) in [6.07, 6.45) is 1.76. The van der Waals surface area contributed by atoms with Gasteiger partial charge in [-0.15, -0.1) is 0 Å². The minimum absolute atomic E-state index is 0.0802. The van der Waals surface area contributed by atoms with Gasteiger partial charge in [-0.2, -0.15) is 0 Å². The number of aryl methyl sites for hydroxylation is 1. The molecule has 0 bridgehead atoms. The van der Waals surface area contributed by atoms with Crippen molar-refractivity contribution in [2.45, 2.75) is 25.5 Å². The van der Waals surface area contributed by atoms with Crippen molar-refractivity contribution in [1.29, 1.82) is 0 Å². The number of Topliss-reactive ketones (excluding diaryl/α,β-unsaturated/α-hetero) is 1. The first-order valence-corrected chi connectivity index (χ1v) is 7.44. The largest absolute Gasteiger partial charge is 0.383 e. The van der Waals surface area contributed by atoms with Crippen LogP contribution in [0.3, 0.4) is 0 Å². The Morgan fingerprint density at radius 3 is 2.95 bits per heavy atom. The monoisotopic (exact) mass is 293 g/mol. The highest BCUT2D eigenvalue weighted by Crippen LogP contribution is 2.21. The van der Waals surface area contributed by atoms with E-state index in [1.165, 1.54) is 11.8 Å². The Morgan fingerprint density at radius 2 is 2.30 bits per heavy atom. The summed E-state index contributed by atoms with van der Waals surface area (Å²) in [6.45, 7) is 5.40. The predicted octanol–water partition coefficient (Wildman–Crippen LogP) is 2.45. The van der Waals surface area contributed by atoms with Crippen LogP contribution in [0.1, 0.15) is 21.9 Å². The molecule has 6 heteroatoms. The number of thioether (sulfide) groups is 1. The zero-order chi connectivity index (χ0) is 14.5. The lowest BCUT2D eigenvalue weighted by Gasteiger charge is -2.08. The van der Waals surface area contributed by atoms with Crippen LogP contribution in [-0.4, -0.2) is 39.8 Å². The van der Waals surface area contributed by atoms with E-state index in [1.54, 1.807) is 19.4 Å². The van der Waals surface area contributed by atoms with Gasteiger partial charge in [0.1, 0.15) is 0 Å². The summed E-state index contributed by atoms with van der Waals surface area (Å²) in [7, 11) is 1.68. The number of aromatic amines is 1. The SMILES string of the molecule is COCCn1c(SCC(=O)c2ccc[nH]2)nc(C)c1C. The van der Waals surface area contributed by atoms with Gasteiger partial charge in [0.2, 0.25) is 0 Å². The van der Waals surface area contributed by atoms with Crippen LogP contribution in [0.25, 0.3) is 0 Å². The molecule has 0 aliphatic heterocycles. The molecule has 0 spiro atoms. The minimum atomic E-state index is 0.0802. The van der Waals surface area contributed by atoms with Gasteiger partial charge < -0.3 is 14.3 Å². The van der Waals surface area contributed by atoms with Crippen LogP contribution in [0.4, 0.5) is 0 Å². The smallest absolute Gasteiger partial charge is 0.189 e. The molecule has 0 amide bonds. The molecular formula is C14H19N3O2S. The molecule has 0 aliphatic rings. The molecule has 0 saturated carbocycles. The topological polar surface area (TPSA) is 59.9 Å². The highest BCUT2D eigenvalue weighted by molar-refractivity contribution is 7.99. The molecule has 0 aliphatic carbocycles. The number of nitrogens with one attached hydrogen (secondary N) is 1. The third kappa shape index (κ3) is 3.32. The average Bonchev–Trinajstić information content (AvgIpc) is 3.05. The zero-order valence-corrected chi connectivity index (χ0v) is 12.8. The van der Waals surface area contributed by atoms with Crippen LogP contribution < -0.4 is 0 Å². The second-order valence-electron chi connectivity index (χ2n) is 4.51. The van der Waals surface area contributed by atoms with E-state index in [2.05, 4.69) is 14.5 Å². The normalized spacial score (nSPS) is 10.9. The lowest BCUT2D eigenvalue weighted by Crippen LogP contribution is -2.09. The number of ketones is 1. The number of ether oxygens (including phenoxy) is 1.